The van der Waals surface area contributed by atoms with E-state index in [4.69, 9.17) is 0 Å². The zero-order valence-electron chi connectivity index (χ0n) is 12.9. The number of para-hydroxylation sites is 1. The van der Waals surface area contributed by atoms with Crippen molar-refractivity contribution in [1.82, 2.24) is 20.2 Å². The van der Waals surface area contributed by atoms with E-state index in [-0.39, 0.29) is 0 Å². The number of hydrogen-bond acceptors (Lipinski definition) is 5. The van der Waals surface area contributed by atoms with Crippen LogP contribution in [0.2, 0.25) is 0 Å². The summed E-state index contributed by atoms with van der Waals surface area (Å²) in [5.41, 5.74) is 0.874. The third-order valence-electron chi connectivity index (χ3n) is 3.76. The minimum absolute atomic E-state index is 0.540. The second-order valence-corrected chi connectivity index (χ2v) is 5.57. The Morgan fingerprint density at radius 3 is 2.39 bits per heavy atom. The van der Waals surface area contributed by atoms with Crippen molar-refractivity contribution in [2.75, 3.05) is 11.9 Å². The molecule has 23 heavy (non-hydrogen) atoms. The highest BCUT2D eigenvalue weighted by Crippen LogP contribution is 2.24. The molecule has 0 saturated heterocycles. The van der Waals surface area contributed by atoms with Crippen molar-refractivity contribution in [3.63, 3.8) is 0 Å². The fourth-order valence-corrected chi connectivity index (χ4v) is 2.40. The number of benzene rings is 2. The molecule has 0 fully saturated rings. The van der Waals surface area contributed by atoms with Crippen LogP contribution in [0.4, 0.5) is 5.95 Å². The molecule has 0 radical (unpaired) electrons. The minimum Gasteiger partial charge on any atom is -0.385 e. The lowest BCUT2D eigenvalue weighted by Crippen LogP contribution is -2.25. The molecule has 0 aliphatic carbocycles. The second-order valence-electron chi connectivity index (χ2n) is 5.57. The number of anilines is 1. The summed E-state index contributed by atoms with van der Waals surface area (Å²) >= 11 is 0. The Morgan fingerprint density at radius 1 is 1.04 bits per heavy atom. The Balaban J connectivity index is 1.65. The Kier molecular flexibility index (Phi) is 4.34. The summed E-state index contributed by atoms with van der Waals surface area (Å²) in [6.07, 6.45) is 0.540. The van der Waals surface area contributed by atoms with Crippen LogP contribution in [0, 0.1) is 0 Å². The molecule has 0 bridgehead atoms. The van der Waals surface area contributed by atoms with Crippen molar-refractivity contribution in [3.8, 4) is 5.69 Å². The van der Waals surface area contributed by atoms with E-state index in [0.29, 0.717) is 18.9 Å². The molecule has 1 heterocycles. The fraction of sp³-hybridized carbons (Fsp3) is 0.235. The van der Waals surface area contributed by atoms with E-state index in [1.807, 2.05) is 67.6 Å². The summed E-state index contributed by atoms with van der Waals surface area (Å²) in [6, 6.07) is 19.3. The predicted octanol–water partition coefficient (Wildman–Crippen LogP) is 2.37. The molecule has 3 aromatic rings. The quantitative estimate of drug-likeness (QED) is 0.731. The van der Waals surface area contributed by atoms with Gasteiger partial charge in [0.25, 0.3) is 0 Å². The van der Waals surface area contributed by atoms with E-state index in [1.165, 1.54) is 0 Å². The number of aliphatic hydroxyl groups is 1. The first-order valence-electron chi connectivity index (χ1n) is 7.52. The van der Waals surface area contributed by atoms with Gasteiger partial charge in [-0.3, -0.25) is 0 Å². The van der Waals surface area contributed by atoms with E-state index in [9.17, 15) is 5.11 Å². The van der Waals surface area contributed by atoms with Crippen LogP contribution >= 0.6 is 0 Å². The maximum atomic E-state index is 10.6. The van der Waals surface area contributed by atoms with Gasteiger partial charge in [-0.1, -0.05) is 53.6 Å². The van der Waals surface area contributed by atoms with Crippen molar-refractivity contribution >= 4 is 5.95 Å². The van der Waals surface area contributed by atoms with Crippen LogP contribution in [0.1, 0.15) is 18.9 Å². The summed E-state index contributed by atoms with van der Waals surface area (Å²) in [5, 5.41) is 25.5. The van der Waals surface area contributed by atoms with Crippen molar-refractivity contribution in [3.05, 3.63) is 66.2 Å². The summed E-state index contributed by atoms with van der Waals surface area (Å²) in [6.45, 7) is 2.36. The van der Waals surface area contributed by atoms with Gasteiger partial charge in [-0.15, -0.1) is 0 Å². The van der Waals surface area contributed by atoms with E-state index in [2.05, 4.69) is 20.8 Å². The van der Waals surface area contributed by atoms with Gasteiger partial charge in [0, 0.05) is 6.54 Å². The van der Waals surface area contributed by atoms with Gasteiger partial charge in [-0.25, -0.2) is 0 Å². The Bertz CT molecular complexity index is 740. The van der Waals surface area contributed by atoms with Gasteiger partial charge in [0.1, 0.15) is 0 Å². The first-order chi connectivity index (χ1) is 11.2. The number of nitrogens with zero attached hydrogens (tertiary/aromatic N) is 4. The Morgan fingerprint density at radius 2 is 1.70 bits per heavy atom. The molecule has 118 valence electrons. The molecule has 3 rings (SSSR count). The molecule has 0 spiro atoms. The monoisotopic (exact) mass is 309 g/mol. The third kappa shape index (κ3) is 3.54. The van der Waals surface area contributed by atoms with Gasteiger partial charge in [-0.05, 0) is 41.5 Å². The van der Waals surface area contributed by atoms with Crippen molar-refractivity contribution < 1.29 is 5.11 Å². The van der Waals surface area contributed by atoms with Crippen LogP contribution in [0.15, 0.2) is 60.7 Å². The lowest BCUT2D eigenvalue weighted by molar-refractivity contribution is 0.0515. The van der Waals surface area contributed by atoms with Gasteiger partial charge >= 0.3 is 0 Å². The molecule has 0 saturated carbocycles. The molecule has 1 aromatic heterocycles. The normalized spacial score (nSPS) is 13.5. The largest absolute Gasteiger partial charge is 0.385 e. The minimum atomic E-state index is -0.903. The number of rotatable bonds is 6. The molecule has 1 atom stereocenters. The summed E-state index contributed by atoms with van der Waals surface area (Å²) in [4.78, 5) is 0. The lowest BCUT2D eigenvalue weighted by Gasteiger charge is -2.24. The fourth-order valence-electron chi connectivity index (χ4n) is 2.40. The predicted molar refractivity (Wildman–Crippen MR) is 88.3 cm³/mol. The lowest BCUT2D eigenvalue weighted by atomic mass is 9.93. The van der Waals surface area contributed by atoms with E-state index >= 15 is 0 Å². The standard InChI is InChI=1S/C17H19N5O/c1-17(23,14-8-4-2-5-9-14)12-13-18-16-19-20-21-22(16)15-10-6-3-7-11-15/h2-11,23H,12-13H2,1H3,(H,18,19,21). The molecular weight excluding hydrogens is 290 g/mol. The SMILES string of the molecule is CC(O)(CCNc1nnnn1-c1ccccc1)c1ccccc1. The molecule has 1 unspecified atom stereocenters. The molecule has 6 nitrogen and oxygen atoms in total. The molecule has 0 amide bonds. The number of hydrogen-bond donors (Lipinski definition) is 2. The zero-order chi connectivity index (χ0) is 16.1. The van der Waals surface area contributed by atoms with Gasteiger partial charge in [0.05, 0.1) is 11.3 Å². The van der Waals surface area contributed by atoms with Crippen LogP contribution < -0.4 is 5.32 Å². The zero-order valence-corrected chi connectivity index (χ0v) is 12.9. The van der Waals surface area contributed by atoms with E-state index in [0.717, 1.165) is 11.3 Å². The molecule has 0 aliphatic rings. The first kappa shape index (κ1) is 15.2. The average molecular weight is 309 g/mol. The van der Waals surface area contributed by atoms with Gasteiger partial charge in [0.2, 0.25) is 5.95 Å². The highest BCUT2D eigenvalue weighted by molar-refractivity contribution is 5.38. The van der Waals surface area contributed by atoms with Crippen LogP contribution in [0.5, 0.6) is 0 Å². The third-order valence-corrected chi connectivity index (χ3v) is 3.76. The van der Waals surface area contributed by atoms with Gasteiger partial charge < -0.3 is 10.4 Å². The van der Waals surface area contributed by atoms with Gasteiger partial charge in [0.15, 0.2) is 0 Å². The topological polar surface area (TPSA) is 75.9 Å². The van der Waals surface area contributed by atoms with Crippen LogP contribution in [0.25, 0.3) is 5.69 Å². The van der Waals surface area contributed by atoms with Crippen molar-refractivity contribution in [2.24, 2.45) is 0 Å². The number of nitrogens with one attached hydrogen (secondary N) is 1. The highest BCUT2D eigenvalue weighted by atomic mass is 16.3. The summed E-state index contributed by atoms with van der Waals surface area (Å²) in [7, 11) is 0. The van der Waals surface area contributed by atoms with E-state index < -0.39 is 5.60 Å². The average Bonchev–Trinajstić information content (AvgIpc) is 3.05. The van der Waals surface area contributed by atoms with E-state index in [1.54, 1.807) is 4.68 Å². The number of aromatic nitrogens is 4. The smallest absolute Gasteiger partial charge is 0.247 e. The second kappa shape index (κ2) is 6.58. The highest BCUT2D eigenvalue weighted by Gasteiger charge is 2.22. The molecule has 2 aromatic carbocycles. The maximum Gasteiger partial charge on any atom is 0.247 e. The molecular formula is C17H19N5O. The molecule has 2 N–H and O–H groups in total. The maximum absolute atomic E-state index is 10.6. The van der Waals surface area contributed by atoms with Gasteiger partial charge in [-0.2, -0.15) is 4.68 Å². The Hall–Kier alpha value is -2.73. The summed E-state index contributed by atoms with van der Waals surface area (Å²) < 4.78 is 1.64. The first-order valence-corrected chi connectivity index (χ1v) is 7.52. The van der Waals surface area contributed by atoms with Crippen LogP contribution in [-0.4, -0.2) is 31.9 Å². The Labute approximate surface area is 134 Å². The molecule has 6 heteroatoms. The van der Waals surface area contributed by atoms with Crippen molar-refractivity contribution in [2.45, 2.75) is 18.9 Å². The summed E-state index contributed by atoms with van der Waals surface area (Å²) in [5.74, 6) is 0.556. The van der Waals surface area contributed by atoms with Crippen LogP contribution in [-0.2, 0) is 5.60 Å². The van der Waals surface area contributed by atoms with Crippen LogP contribution in [0.3, 0.4) is 0 Å². The van der Waals surface area contributed by atoms with Crippen molar-refractivity contribution in [1.29, 1.82) is 0 Å². The number of tetrazole rings is 1. The molecule has 0 aliphatic heterocycles.